The van der Waals surface area contributed by atoms with Crippen LogP contribution in [0.1, 0.15) is 29.8 Å². The Hall–Kier alpha value is -4.46. The van der Waals surface area contributed by atoms with Crippen molar-refractivity contribution in [3.63, 3.8) is 0 Å². The Morgan fingerprint density at radius 2 is 1.58 bits per heavy atom. The Balaban J connectivity index is 1.85. The first-order valence-corrected chi connectivity index (χ1v) is 10.2. The Morgan fingerprint density at radius 3 is 2.15 bits per heavy atom. The van der Waals surface area contributed by atoms with Crippen LogP contribution in [0.25, 0.3) is 6.08 Å². The molecule has 0 saturated carbocycles. The fraction of sp³-hybridized carbons (Fsp3) is 0.120. The zero-order valence-electron chi connectivity index (χ0n) is 18.1. The van der Waals surface area contributed by atoms with Crippen molar-refractivity contribution in [2.45, 2.75) is 20.0 Å². The lowest BCUT2D eigenvalue weighted by molar-refractivity contribution is -0.384. The van der Waals surface area contributed by atoms with Gasteiger partial charge in [-0.2, -0.15) is 0 Å². The second-order valence-corrected chi connectivity index (χ2v) is 7.37. The summed E-state index contributed by atoms with van der Waals surface area (Å²) >= 11 is 0. The van der Waals surface area contributed by atoms with Gasteiger partial charge in [-0.1, -0.05) is 30.3 Å². The van der Waals surface area contributed by atoms with Gasteiger partial charge in [0.05, 0.1) is 11.0 Å². The summed E-state index contributed by atoms with van der Waals surface area (Å²) in [5.74, 6) is -0.330. The van der Waals surface area contributed by atoms with Crippen LogP contribution in [0.2, 0.25) is 0 Å². The first-order valence-electron chi connectivity index (χ1n) is 10.2. The minimum Gasteiger partial charge on any atom is -0.491 e. The van der Waals surface area contributed by atoms with Crippen LogP contribution in [0.4, 0.5) is 11.4 Å². The van der Waals surface area contributed by atoms with E-state index in [9.17, 15) is 19.7 Å². The number of amides is 2. The molecule has 0 atom stereocenters. The topological polar surface area (TPSA) is 111 Å². The third-order valence-corrected chi connectivity index (χ3v) is 4.43. The smallest absolute Gasteiger partial charge is 0.272 e. The van der Waals surface area contributed by atoms with Crippen molar-refractivity contribution in [3.8, 4) is 5.75 Å². The molecule has 33 heavy (non-hydrogen) atoms. The number of carbonyl (C=O) groups excluding carboxylic acids is 2. The standard InChI is InChI=1S/C25H23N3O5/c1-17(2)33-22-14-8-18(9-15-22)16-23(27-24(29)19-6-4-3-5-7-19)25(30)26-20-10-12-21(13-11-20)28(31)32/h3-17H,1-2H3,(H,26,30)(H,27,29)/b23-16-. The highest BCUT2D eigenvalue weighted by atomic mass is 16.6. The predicted molar refractivity (Wildman–Crippen MR) is 126 cm³/mol. The van der Waals surface area contributed by atoms with E-state index in [2.05, 4.69) is 10.6 Å². The quantitative estimate of drug-likeness (QED) is 0.294. The highest BCUT2D eigenvalue weighted by Crippen LogP contribution is 2.18. The summed E-state index contributed by atoms with van der Waals surface area (Å²) < 4.78 is 5.63. The van der Waals surface area contributed by atoms with E-state index in [4.69, 9.17) is 4.74 Å². The number of nitro groups is 1. The van der Waals surface area contributed by atoms with Crippen molar-refractivity contribution in [1.29, 1.82) is 0 Å². The largest absolute Gasteiger partial charge is 0.491 e. The van der Waals surface area contributed by atoms with Crippen LogP contribution in [0.3, 0.4) is 0 Å². The fourth-order valence-electron chi connectivity index (χ4n) is 2.89. The first kappa shape index (κ1) is 23.2. The first-order chi connectivity index (χ1) is 15.8. The molecule has 0 unspecified atom stereocenters. The molecule has 0 aliphatic rings. The van der Waals surface area contributed by atoms with Crippen LogP contribution >= 0.6 is 0 Å². The van der Waals surface area contributed by atoms with Crippen molar-refractivity contribution in [2.24, 2.45) is 0 Å². The minimum absolute atomic E-state index is 0.0136. The minimum atomic E-state index is -0.573. The van der Waals surface area contributed by atoms with Gasteiger partial charge in [-0.05, 0) is 61.9 Å². The molecule has 0 bridgehead atoms. The molecule has 0 saturated heterocycles. The highest BCUT2D eigenvalue weighted by Gasteiger charge is 2.16. The maximum absolute atomic E-state index is 13.0. The van der Waals surface area contributed by atoms with E-state index < -0.39 is 16.7 Å². The molecule has 0 heterocycles. The van der Waals surface area contributed by atoms with Crippen LogP contribution in [0.5, 0.6) is 5.75 Å². The lowest BCUT2D eigenvalue weighted by Crippen LogP contribution is -2.30. The Bertz CT molecular complexity index is 1150. The van der Waals surface area contributed by atoms with E-state index in [1.807, 2.05) is 13.8 Å². The van der Waals surface area contributed by atoms with Gasteiger partial charge in [0.25, 0.3) is 17.5 Å². The van der Waals surface area contributed by atoms with E-state index in [-0.39, 0.29) is 17.5 Å². The van der Waals surface area contributed by atoms with Gasteiger partial charge in [0.15, 0.2) is 0 Å². The molecule has 0 aliphatic heterocycles. The van der Waals surface area contributed by atoms with E-state index >= 15 is 0 Å². The number of nitrogens with one attached hydrogen (secondary N) is 2. The number of hydrogen-bond acceptors (Lipinski definition) is 5. The van der Waals surface area contributed by atoms with Crippen molar-refractivity contribution in [1.82, 2.24) is 5.32 Å². The number of non-ortho nitro benzene ring substituents is 1. The Morgan fingerprint density at radius 1 is 0.939 bits per heavy atom. The normalized spacial score (nSPS) is 11.1. The van der Waals surface area contributed by atoms with Gasteiger partial charge in [0.1, 0.15) is 11.4 Å². The predicted octanol–water partition coefficient (Wildman–Crippen LogP) is 4.79. The van der Waals surface area contributed by atoms with Crippen LogP contribution < -0.4 is 15.4 Å². The van der Waals surface area contributed by atoms with Crippen LogP contribution in [-0.2, 0) is 4.79 Å². The van der Waals surface area contributed by atoms with E-state index in [1.54, 1.807) is 60.7 Å². The molecule has 3 rings (SSSR count). The molecule has 2 N–H and O–H groups in total. The summed E-state index contributed by atoms with van der Waals surface area (Å²) in [5.41, 5.74) is 1.34. The molecule has 2 amide bonds. The maximum Gasteiger partial charge on any atom is 0.272 e. The van der Waals surface area contributed by atoms with E-state index in [0.29, 0.717) is 22.6 Å². The lowest BCUT2D eigenvalue weighted by atomic mass is 10.1. The molecular weight excluding hydrogens is 422 g/mol. The fourth-order valence-corrected chi connectivity index (χ4v) is 2.89. The lowest BCUT2D eigenvalue weighted by Gasteiger charge is -2.12. The molecule has 0 spiro atoms. The molecule has 3 aromatic rings. The summed E-state index contributed by atoms with van der Waals surface area (Å²) in [4.78, 5) is 35.9. The highest BCUT2D eigenvalue weighted by molar-refractivity contribution is 6.10. The zero-order valence-corrected chi connectivity index (χ0v) is 18.1. The second kappa shape index (κ2) is 10.7. The third kappa shape index (κ3) is 6.76. The number of anilines is 1. The van der Waals surface area contributed by atoms with Gasteiger partial charge in [0, 0.05) is 23.4 Å². The van der Waals surface area contributed by atoms with Gasteiger partial charge in [-0.25, -0.2) is 0 Å². The molecule has 0 radical (unpaired) electrons. The Labute approximate surface area is 191 Å². The van der Waals surface area contributed by atoms with E-state index in [1.165, 1.54) is 24.3 Å². The number of rotatable bonds is 8. The Kier molecular flexibility index (Phi) is 7.54. The summed E-state index contributed by atoms with van der Waals surface area (Å²) in [7, 11) is 0. The molecule has 3 aromatic carbocycles. The van der Waals surface area contributed by atoms with Crippen molar-refractivity contribution >= 4 is 29.3 Å². The third-order valence-electron chi connectivity index (χ3n) is 4.43. The average Bonchev–Trinajstić information content (AvgIpc) is 2.80. The summed E-state index contributed by atoms with van der Waals surface area (Å²) in [6.45, 7) is 3.85. The number of ether oxygens (including phenoxy) is 1. The zero-order chi connectivity index (χ0) is 23.8. The summed E-state index contributed by atoms with van der Waals surface area (Å²) in [6, 6.07) is 21.0. The van der Waals surface area contributed by atoms with Crippen LogP contribution in [-0.4, -0.2) is 22.8 Å². The molecule has 168 valence electrons. The van der Waals surface area contributed by atoms with Crippen LogP contribution in [0, 0.1) is 10.1 Å². The van der Waals surface area contributed by atoms with Crippen molar-refractivity contribution in [3.05, 3.63) is 106 Å². The van der Waals surface area contributed by atoms with Crippen molar-refractivity contribution < 1.29 is 19.2 Å². The second-order valence-electron chi connectivity index (χ2n) is 7.37. The number of nitro benzene ring substituents is 1. The number of nitrogens with zero attached hydrogens (tertiary/aromatic N) is 1. The van der Waals surface area contributed by atoms with Crippen molar-refractivity contribution in [2.75, 3.05) is 5.32 Å². The molecule has 0 aromatic heterocycles. The monoisotopic (exact) mass is 445 g/mol. The number of hydrogen-bond donors (Lipinski definition) is 2. The summed E-state index contributed by atoms with van der Waals surface area (Å²) in [5, 5.41) is 16.1. The van der Waals surface area contributed by atoms with Crippen LogP contribution in [0.15, 0.2) is 84.6 Å². The molecule has 0 aliphatic carbocycles. The SMILES string of the molecule is CC(C)Oc1ccc(/C=C(\NC(=O)c2ccccc2)C(=O)Nc2ccc([N+](=O)[O-])cc2)cc1. The van der Waals surface area contributed by atoms with Gasteiger partial charge < -0.3 is 15.4 Å². The summed E-state index contributed by atoms with van der Waals surface area (Å²) in [6.07, 6.45) is 1.57. The van der Waals surface area contributed by atoms with Gasteiger partial charge in [-0.3, -0.25) is 19.7 Å². The van der Waals surface area contributed by atoms with E-state index in [0.717, 1.165) is 0 Å². The van der Waals surface area contributed by atoms with Gasteiger partial charge in [0.2, 0.25) is 0 Å². The molecule has 0 fully saturated rings. The maximum atomic E-state index is 13.0. The van der Waals surface area contributed by atoms with Gasteiger partial charge >= 0.3 is 0 Å². The van der Waals surface area contributed by atoms with Gasteiger partial charge in [-0.15, -0.1) is 0 Å². The molecule has 8 nitrogen and oxygen atoms in total. The molecular formula is C25H23N3O5. The number of carbonyl (C=O) groups is 2. The number of benzene rings is 3. The average molecular weight is 445 g/mol. The molecule has 8 heteroatoms.